The molecule has 2 aromatic heterocycles. The minimum atomic E-state index is -3.21. The maximum Gasteiger partial charge on any atom is 0.426 e. The van der Waals surface area contributed by atoms with Gasteiger partial charge in [0.15, 0.2) is 16.7 Å². The number of aromatic nitrogens is 2. The Morgan fingerprint density at radius 2 is 0.859 bits per heavy atom. The summed E-state index contributed by atoms with van der Waals surface area (Å²) >= 11 is 2.47. The van der Waals surface area contributed by atoms with E-state index >= 15 is 0 Å². The summed E-state index contributed by atoms with van der Waals surface area (Å²) in [6.45, 7) is 32.8. The third-order valence-corrected chi connectivity index (χ3v) is 27.3. The molecule has 10 aromatic carbocycles. The predicted octanol–water partition coefficient (Wildman–Crippen LogP) is 22.1. The smallest absolute Gasteiger partial charge is 0.426 e. The van der Waals surface area contributed by atoms with Crippen LogP contribution in [0.3, 0.4) is 0 Å². The average molecular weight is 1870 g/mol. The van der Waals surface area contributed by atoms with E-state index in [0.29, 0.717) is 120 Å². The first-order valence-electron chi connectivity index (χ1n) is 44.4. The number of ketones is 3. The van der Waals surface area contributed by atoms with Crippen LogP contribution in [-0.2, 0) is 94.3 Å². The topological polar surface area (TPSA) is 314 Å². The van der Waals surface area contributed by atoms with Gasteiger partial charge in [0, 0.05) is 85.2 Å². The van der Waals surface area contributed by atoms with E-state index in [-0.39, 0.29) is 52.4 Å². The molecule has 7 N–H and O–H groups in total. The van der Waals surface area contributed by atoms with Gasteiger partial charge >= 0.3 is 26.6 Å². The summed E-state index contributed by atoms with van der Waals surface area (Å²) in [5.41, 5.74) is 16.3. The first-order chi connectivity index (χ1) is 64.2. The van der Waals surface area contributed by atoms with E-state index in [2.05, 4.69) is 115 Å². The van der Waals surface area contributed by atoms with Crippen LogP contribution in [0.4, 0.5) is 47.4 Å². The largest absolute Gasteiger partial charge is 0.532 e. The Kier molecular flexibility index (Phi) is 36.2. The number of aromatic hydroxyl groups is 1. The molecule has 0 saturated heterocycles. The summed E-state index contributed by atoms with van der Waals surface area (Å²) in [7, 11) is -3.21. The van der Waals surface area contributed by atoms with Crippen molar-refractivity contribution in [2.75, 3.05) is 31.9 Å². The zero-order chi connectivity index (χ0) is 97.6. The number of fused-ring (bicyclic) bond motifs is 2. The molecule has 0 unspecified atom stereocenters. The number of hydrogen-bond acceptors (Lipinski definition) is 19. The zero-order valence-corrected chi connectivity index (χ0v) is 81.1. The van der Waals surface area contributed by atoms with Gasteiger partial charge in [0.1, 0.15) is 45.1 Å². The van der Waals surface area contributed by atoms with Crippen molar-refractivity contribution in [3.63, 3.8) is 0 Å². The van der Waals surface area contributed by atoms with Gasteiger partial charge in [-0.1, -0.05) is 245 Å². The van der Waals surface area contributed by atoms with Gasteiger partial charge in [-0.25, -0.2) is 24.4 Å². The van der Waals surface area contributed by atoms with Crippen LogP contribution in [-0.4, -0.2) is 93.5 Å². The molecule has 0 radical (unpaired) electrons. The number of nitrogen functional groups attached to an aromatic ring is 1. The van der Waals surface area contributed by atoms with Gasteiger partial charge in [0.25, 0.3) is 0 Å². The van der Waals surface area contributed by atoms with Gasteiger partial charge < -0.3 is 45.4 Å². The van der Waals surface area contributed by atoms with E-state index in [1.54, 1.807) is 98.7 Å². The summed E-state index contributed by atoms with van der Waals surface area (Å²) in [5.74, 6) is 13.2. The third-order valence-electron chi connectivity index (χ3n) is 20.5. The molecule has 135 heavy (non-hydrogen) atoms. The molecule has 0 aliphatic carbocycles. The Morgan fingerprint density at radius 3 is 1.32 bits per heavy atom. The molecule has 12 aromatic rings. The van der Waals surface area contributed by atoms with Crippen molar-refractivity contribution in [1.82, 2.24) is 9.97 Å². The summed E-state index contributed by atoms with van der Waals surface area (Å²) in [5, 5.41) is 23.7. The van der Waals surface area contributed by atoms with Crippen molar-refractivity contribution in [2.24, 2.45) is 0 Å². The number of aryl methyl sites for hydroxylation is 5. The molecule has 12 rings (SSSR count). The van der Waals surface area contributed by atoms with Gasteiger partial charge in [-0.2, -0.15) is 4.90 Å². The van der Waals surface area contributed by atoms with Gasteiger partial charge in [0.2, 0.25) is 22.9 Å². The number of allylic oxidation sites excluding steroid dienone is 2. The van der Waals surface area contributed by atoms with Crippen LogP contribution < -0.4 is 46.7 Å². The Bertz CT molecular complexity index is 6330. The highest BCUT2D eigenvalue weighted by atomic mass is 32.1. The van der Waals surface area contributed by atoms with Crippen LogP contribution in [0.2, 0.25) is 5.04 Å². The molecule has 22 nitrogen and oxygen atoms in total. The molecule has 0 atom stereocenters. The lowest BCUT2D eigenvalue weighted by atomic mass is 10.0. The predicted molar refractivity (Wildman–Crippen MR) is 545 cm³/mol. The second kappa shape index (κ2) is 47.6. The second-order valence-electron chi connectivity index (χ2n) is 36.1. The first kappa shape index (κ1) is 102. The SMILES string of the molecule is C=CC(=O)Cc1ccc(CCC(=O)Nc2cccc(CCC#Cc3cc(O)c4nc(N)sc4c3)c2)cc1.C=CC(=O)Cc1ccc(CCC(=O)Nc2cccc(CCC#Cc3cc(O[Si](c4ccccc4)(c4ccccc4)C(C)(C)C)c4nc(N(C(=O)OC(C)(C)C)C(=O)OC(C)(C)C)sc4c3)c2)cc1.C=CC(=O)Nc1ccc(CCC(=O)Cc2cccc(NC(=O)OC(C)(C)C)c2)cc1. The number of nitrogens with one attached hydrogen (secondary N) is 4. The number of carbonyl (C=O) groups is 9. The Hall–Kier alpha value is -14.6. The van der Waals surface area contributed by atoms with Crippen LogP contribution in [0.25, 0.3) is 20.4 Å². The van der Waals surface area contributed by atoms with Crippen molar-refractivity contribution in [2.45, 2.75) is 188 Å². The third kappa shape index (κ3) is 32.4. The fourth-order valence-corrected chi connectivity index (χ4v) is 20.4. The summed E-state index contributed by atoms with van der Waals surface area (Å²) in [6.07, 6.45) is 7.87. The molecule has 6 amide bonds. The van der Waals surface area contributed by atoms with E-state index in [4.69, 9.17) is 29.4 Å². The van der Waals surface area contributed by atoms with Gasteiger partial charge in [0.05, 0.1) is 9.40 Å². The quantitative estimate of drug-likeness (QED) is 0.0102. The number of benzene rings is 10. The molecular formula is C110H116N8O14S2Si. The van der Waals surface area contributed by atoms with Gasteiger partial charge in [-0.05, 0) is 245 Å². The Labute approximate surface area is 799 Å². The van der Waals surface area contributed by atoms with Crippen LogP contribution in [0, 0.1) is 23.7 Å². The van der Waals surface area contributed by atoms with Crippen molar-refractivity contribution in [3.8, 4) is 35.2 Å². The molecule has 0 fully saturated rings. The molecule has 0 saturated carbocycles. The maximum atomic E-state index is 13.8. The summed E-state index contributed by atoms with van der Waals surface area (Å²) in [6, 6.07) is 73.3. The number of phenolic OH excluding ortho intramolecular Hbond substituents is 1. The number of ether oxygens (including phenoxy) is 3. The van der Waals surface area contributed by atoms with Crippen molar-refractivity contribution >= 4 is 148 Å². The van der Waals surface area contributed by atoms with Crippen molar-refractivity contribution in [3.05, 3.63) is 324 Å². The normalized spacial score (nSPS) is 11.2. The maximum absolute atomic E-state index is 13.8. The van der Waals surface area contributed by atoms with Crippen LogP contribution in [0.1, 0.15) is 171 Å². The van der Waals surface area contributed by atoms with Crippen LogP contribution >= 0.6 is 22.7 Å². The second-order valence-corrected chi connectivity index (χ2v) is 42.4. The number of imide groups is 1. The number of nitrogens with zero attached hydrogens (tertiary/aromatic N) is 3. The fourth-order valence-electron chi connectivity index (χ4n) is 14.2. The molecule has 0 aliphatic heterocycles. The Balaban J connectivity index is 0.000000235. The number of hydrogen-bond donors (Lipinski definition) is 6. The van der Waals surface area contributed by atoms with Gasteiger partial charge in [-0.3, -0.25) is 34.1 Å². The molecule has 2 heterocycles. The Morgan fingerprint density at radius 1 is 0.430 bits per heavy atom. The molecule has 0 spiro atoms. The first-order valence-corrected chi connectivity index (χ1v) is 48.0. The van der Waals surface area contributed by atoms with E-state index < -0.39 is 48.4 Å². The van der Waals surface area contributed by atoms with Crippen molar-refractivity contribution in [1.29, 1.82) is 0 Å². The van der Waals surface area contributed by atoms with E-state index in [1.165, 1.54) is 29.6 Å². The number of rotatable bonds is 31. The van der Waals surface area contributed by atoms with Crippen LogP contribution in [0.15, 0.2) is 268 Å². The highest BCUT2D eigenvalue weighted by Crippen LogP contribution is 2.43. The molecule has 696 valence electrons. The lowest BCUT2D eigenvalue weighted by Crippen LogP contribution is -2.68. The molecule has 25 heteroatoms. The van der Waals surface area contributed by atoms with E-state index in [9.17, 15) is 48.3 Å². The minimum absolute atomic E-state index is 0.0125. The zero-order valence-electron chi connectivity index (χ0n) is 78.5. The highest BCUT2D eigenvalue weighted by molar-refractivity contribution is 7.22. The number of anilines is 6. The van der Waals surface area contributed by atoms with Crippen LogP contribution in [0.5, 0.6) is 11.5 Å². The van der Waals surface area contributed by atoms with E-state index in [0.717, 1.165) is 93.5 Å². The number of Topliss-reactive ketones (excluding diaryl/α,β-unsaturated/α-hetero) is 1. The fraction of sp³-hybridized carbons (Fsp3) is 0.264. The van der Waals surface area contributed by atoms with E-state index in [1.807, 2.05) is 170 Å². The monoisotopic (exact) mass is 1860 g/mol. The van der Waals surface area contributed by atoms with Gasteiger partial charge in [-0.15, -0.1) is 0 Å². The average Bonchev–Trinajstić information content (AvgIpc) is 1.67. The molecule has 0 bridgehead atoms. The highest BCUT2D eigenvalue weighted by Gasteiger charge is 2.53. The summed E-state index contributed by atoms with van der Waals surface area (Å²) < 4.78 is 25.7. The number of nitrogens with two attached hydrogens (primary N) is 1. The summed E-state index contributed by atoms with van der Waals surface area (Å²) in [4.78, 5) is 122. The lowest BCUT2D eigenvalue weighted by Gasteiger charge is -2.43. The van der Waals surface area contributed by atoms with Crippen molar-refractivity contribution < 1.29 is 66.9 Å². The lowest BCUT2D eigenvalue weighted by molar-refractivity contribution is -0.118. The number of phenols is 1. The minimum Gasteiger partial charge on any atom is -0.532 e. The molecular weight excluding hydrogens is 1750 g/mol. The number of thiazole rings is 2. The standard InChI is InChI=1S/C56H61N3O7SSi.C30H27N3O3S.C24H28N2O4/c1-11-44(60)36-41-31-29-39(30-32-41)33-34-49(61)57-43-24-20-23-40(35-43)21-18-19-22-42-37-47(66-68(56(8,9)10,45-25-14-12-15-26-45)46-27-16-13-17-28-46)50-48(38-42)67-51(58-50)59(52(62)64-54(2,3)4)53(63)65-55(5,6)7;1-2-25(34)17-22-12-10-20(11-13-22)14-15-28(36)32-24-9-5-8-21(16-24)6-3-4-7-23-18-26(35)29-27(19-23)37-30(31)33-29;1-5-22(28)25-19-12-9-17(10-13-19)11-14-21(27)16-18-7-6-8-20(15-18)26-23(29)30-24(2,3)4/h11-17,20,23-32,35,37-38H,1,18,21,33-34,36H2,2-10H3,(H,57,61);2,5,8-13,16,18-19,35H,1,3,6,14-15,17H2,(H2,31,33)(H,32,36);5-10,12-13,15H,1,11,14,16H2,2-4H3,(H,25,28)(H,26,29). The number of carbonyl (C=O) groups excluding carboxylic acids is 9. The molecule has 0 aliphatic rings. The number of amides is 6.